The molecule has 6 heteroatoms. The second-order valence-corrected chi connectivity index (χ2v) is 7.26. The van der Waals surface area contributed by atoms with E-state index < -0.39 is 12.1 Å². The van der Waals surface area contributed by atoms with E-state index in [9.17, 15) is 9.59 Å². The van der Waals surface area contributed by atoms with Crippen molar-refractivity contribution in [2.75, 3.05) is 0 Å². The molecule has 1 atom stereocenters. The predicted octanol–water partition coefficient (Wildman–Crippen LogP) is 6.97. The zero-order valence-corrected chi connectivity index (χ0v) is 21.1. The minimum atomic E-state index is -0.638. The summed E-state index contributed by atoms with van der Waals surface area (Å²) in [6.45, 7) is 9.52. The van der Waals surface area contributed by atoms with E-state index in [0.29, 0.717) is 23.4 Å². The van der Waals surface area contributed by atoms with Gasteiger partial charge in [-0.3, -0.25) is 4.79 Å². The largest absolute Gasteiger partial charge is 0.445 e. The number of carbonyl (C=O) groups excluding carboxylic acids is 2. The number of carbonyl (C=O) groups is 2. The van der Waals surface area contributed by atoms with Crippen LogP contribution in [0.15, 0.2) is 83.3 Å². The summed E-state index contributed by atoms with van der Waals surface area (Å²) in [5.41, 5.74) is 3.98. The Balaban J connectivity index is 0.00000103. The lowest BCUT2D eigenvalue weighted by Crippen LogP contribution is -2.41. The number of benzene rings is 3. The number of alkyl carbamates (subject to hydrolysis) is 1. The van der Waals surface area contributed by atoms with Crippen LogP contribution in [0.5, 0.6) is 0 Å². The fraction of sp³-hybridized carbons (Fsp3) is 0.276. The van der Waals surface area contributed by atoms with Gasteiger partial charge in [-0.25, -0.2) is 9.78 Å². The molecule has 3 aromatic carbocycles. The molecule has 1 N–H and O–H groups in total. The average molecular weight is 475 g/mol. The molecule has 1 heterocycles. The SMILES string of the molecule is CC.CC.CC(=O)C(Cc1ccccc1)NC(=O)OCc1ccc2oc(-c3ccccc3)nc2c1. The average Bonchev–Trinajstić information content (AvgIpc) is 3.34. The molecule has 1 aromatic heterocycles. The van der Waals surface area contributed by atoms with Crippen molar-refractivity contribution < 1.29 is 18.7 Å². The standard InChI is InChI=1S/C25H22N2O4.2C2H6/c1-17(28)21(14-18-8-4-2-5-9-18)27-25(29)30-16-19-12-13-23-22(15-19)26-24(31-23)20-10-6-3-7-11-20;2*1-2/h2-13,15,21H,14,16H2,1H3,(H,27,29);2*1-2H3. The minimum absolute atomic E-state index is 0.0608. The highest BCUT2D eigenvalue weighted by molar-refractivity contribution is 5.85. The number of fused-ring (bicyclic) bond motifs is 1. The fourth-order valence-corrected chi connectivity index (χ4v) is 3.25. The summed E-state index contributed by atoms with van der Waals surface area (Å²) in [4.78, 5) is 28.7. The maximum atomic E-state index is 12.3. The lowest BCUT2D eigenvalue weighted by atomic mass is 10.0. The van der Waals surface area contributed by atoms with Gasteiger partial charge in [-0.15, -0.1) is 0 Å². The molecule has 0 aliphatic rings. The molecule has 0 aliphatic heterocycles. The summed E-state index contributed by atoms with van der Waals surface area (Å²) < 4.78 is 11.1. The molecular weight excluding hydrogens is 440 g/mol. The number of oxazole rings is 1. The van der Waals surface area contributed by atoms with Crippen LogP contribution in [0.25, 0.3) is 22.6 Å². The van der Waals surface area contributed by atoms with Crippen molar-refractivity contribution >= 4 is 23.0 Å². The molecule has 0 bridgehead atoms. The Kier molecular flexibility index (Phi) is 11.2. The summed E-state index contributed by atoms with van der Waals surface area (Å²) >= 11 is 0. The lowest BCUT2D eigenvalue weighted by molar-refractivity contribution is -0.118. The van der Waals surface area contributed by atoms with Crippen LogP contribution in [-0.2, 0) is 22.6 Å². The number of aromatic nitrogens is 1. The Bertz CT molecular complexity index is 1190. The normalized spacial score (nSPS) is 10.8. The van der Waals surface area contributed by atoms with Crippen LogP contribution in [-0.4, -0.2) is 22.9 Å². The highest BCUT2D eigenvalue weighted by Crippen LogP contribution is 2.24. The Morgan fingerprint density at radius 2 is 1.51 bits per heavy atom. The van der Waals surface area contributed by atoms with Crippen molar-refractivity contribution in [1.82, 2.24) is 10.3 Å². The Morgan fingerprint density at radius 3 is 2.14 bits per heavy atom. The van der Waals surface area contributed by atoms with E-state index in [0.717, 1.165) is 16.7 Å². The smallest absolute Gasteiger partial charge is 0.408 e. The van der Waals surface area contributed by atoms with Gasteiger partial charge in [0.15, 0.2) is 11.4 Å². The zero-order valence-electron chi connectivity index (χ0n) is 21.1. The van der Waals surface area contributed by atoms with Gasteiger partial charge in [0.1, 0.15) is 12.1 Å². The molecule has 0 spiro atoms. The van der Waals surface area contributed by atoms with Crippen LogP contribution in [0, 0.1) is 0 Å². The number of nitrogens with zero attached hydrogens (tertiary/aromatic N) is 1. The van der Waals surface area contributed by atoms with E-state index in [1.165, 1.54) is 6.92 Å². The Labute approximate surface area is 207 Å². The highest BCUT2D eigenvalue weighted by Gasteiger charge is 2.18. The van der Waals surface area contributed by atoms with Crippen molar-refractivity contribution in [2.45, 2.75) is 53.7 Å². The van der Waals surface area contributed by atoms with Gasteiger partial charge in [0, 0.05) is 5.56 Å². The number of rotatable bonds is 7. The maximum Gasteiger partial charge on any atom is 0.408 e. The van der Waals surface area contributed by atoms with Gasteiger partial charge in [-0.05, 0) is 48.7 Å². The quantitative estimate of drug-likeness (QED) is 0.313. The molecule has 184 valence electrons. The molecule has 0 fully saturated rings. The fourth-order valence-electron chi connectivity index (χ4n) is 3.25. The lowest BCUT2D eigenvalue weighted by Gasteiger charge is -2.16. The van der Waals surface area contributed by atoms with Gasteiger partial charge in [0.2, 0.25) is 5.89 Å². The first-order valence-corrected chi connectivity index (χ1v) is 12.0. The highest BCUT2D eigenvalue weighted by atomic mass is 16.5. The van der Waals surface area contributed by atoms with Gasteiger partial charge in [0.25, 0.3) is 0 Å². The van der Waals surface area contributed by atoms with Crippen molar-refractivity contribution in [2.24, 2.45) is 0 Å². The number of nitrogens with one attached hydrogen (secondary N) is 1. The monoisotopic (exact) mass is 474 g/mol. The van der Waals surface area contributed by atoms with Crippen LogP contribution >= 0.6 is 0 Å². The van der Waals surface area contributed by atoms with E-state index in [2.05, 4.69) is 10.3 Å². The van der Waals surface area contributed by atoms with Crippen LogP contribution in [0.2, 0.25) is 0 Å². The first kappa shape index (κ1) is 27.3. The Hall–Kier alpha value is -3.93. The maximum absolute atomic E-state index is 12.3. The third-order valence-corrected chi connectivity index (χ3v) is 4.91. The molecule has 35 heavy (non-hydrogen) atoms. The van der Waals surface area contributed by atoms with Gasteiger partial charge in [-0.2, -0.15) is 0 Å². The third kappa shape index (κ3) is 8.10. The van der Waals surface area contributed by atoms with Crippen LogP contribution in [0.3, 0.4) is 0 Å². The van der Waals surface area contributed by atoms with E-state index in [-0.39, 0.29) is 12.4 Å². The second-order valence-electron chi connectivity index (χ2n) is 7.26. The van der Waals surface area contributed by atoms with Crippen molar-refractivity contribution in [3.8, 4) is 11.5 Å². The number of hydrogen-bond acceptors (Lipinski definition) is 5. The molecule has 4 rings (SSSR count). The summed E-state index contributed by atoms with van der Waals surface area (Å²) in [5.74, 6) is 0.412. The van der Waals surface area contributed by atoms with E-state index in [1.807, 2.05) is 100 Å². The summed E-state index contributed by atoms with van der Waals surface area (Å²) in [7, 11) is 0. The van der Waals surface area contributed by atoms with E-state index in [1.54, 1.807) is 6.07 Å². The van der Waals surface area contributed by atoms with Crippen LogP contribution < -0.4 is 5.32 Å². The Morgan fingerprint density at radius 1 is 0.886 bits per heavy atom. The number of amides is 1. The van der Waals surface area contributed by atoms with E-state index in [4.69, 9.17) is 9.15 Å². The van der Waals surface area contributed by atoms with Crippen molar-refractivity contribution in [1.29, 1.82) is 0 Å². The first-order chi connectivity index (χ1) is 17.1. The van der Waals surface area contributed by atoms with Gasteiger partial charge < -0.3 is 14.5 Å². The van der Waals surface area contributed by atoms with Gasteiger partial charge in [-0.1, -0.05) is 82.3 Å². The van der Waals surface area contributed by atoms with Gasteiger partial charge >= 0.3 is 6.09 Å². The summed E-state index contributed by atoms with van der Waals surface area (Å²) in [6, 6.07) is 24.0. The van der Waals surface area contributed by atoms with Crippen molar-refractivity contribution in [3.63, 3.8) is 0 Å². The molecule has 1 amide bonds. The van der Waals surface area contributed by atoms with E-state index >= 15 is 0 Å². The molecule has 0 radical (unpaired) electrons. The van der Waals surface area contributed by atoms with Crippen LogP contribution in [0.4, 0.5) is 4.79 Å². The zero-order chi connectivity index (χ0) is 25.6. The molecule has 0 saturated carbocycles. The molecule has 6 nitrogen and oxygen atoms in total. The third-order valence-electron chi connectivity index (χ3n) is 4.91. The molecule has 4 aromatic rings. The predicted molar refractivity (Wildman–Crippen MR) is 140 cm³/mol. The first-order valence-electron chi connectivity index (χ1n) is 12.0. The molecular formula is C29H34N2O4. The molecule has 0 aliphatic carbocycles. The topological polar surface area (TPSA) is 81.4 Å². The van der Waals surface area contributed by atoms with Crippen molar-refractivity contribution in [3.05, 3.63) is 90.0 Å². The number of ether oxygens (including phenoxy) is 1. The summed E-state index contributed by atoms with van der Waals surface area (Å²) in [6.07, 6.45) is -0.223. The minimum Gasteiger partial charge on any atom is -0.445 e. The molecule has 0 saturated heterocycles. The number of hydrogen-bond donors (Lipinski definition) is 1. The molecule has 1 unspecified atom stereocenters. The second kappa shape index (κ2) is 14.4. The number of ketones is 1. The number of Topliss-reactive ketones (excluding diaryl/α,β-unsaturated/α-hetero) is 1. The van der Waals surface area contributed by atoms with Crippen LogP contribution in [0.1, 0.15) is 45.7 Å². The van der Waals surface area contributed by atoms with Gasteiger partial charge in [0.05, 0.1) is 6.04 Å². The summed E-state index contributed by atoms with van der Waals surface area (Å²) in [5, 5.41) is 2.65.